The number of hydrogen-bond donors (Lipinski definition) is 1. The summed E-state index contributed by atoms with van der Waals surface area (Å²) in [5.41, 5.74) is 5.48. The Bertz CT molecular complexity index is 92.4. The van der Waals surface area contributed by atoms with Gasteiger partial charge in [-0.1, -0.05) is 0 Å². The highest BCUT2D eigenvalue weighted by atomic mass is 35.5. The predicted molar refractivity (Wildman–Crippen MR) is 53.7 cm³/mol. The fraction of sp³-hybridized carbons (Fsp3) is 1.00. The lowest BCUT2D eigenvalue weighted by atomic mass is 9.80. The maximum absolute atomic E-state index is 5.48. The van der Waals surface area contributed by atoms with Gasteiger partial charge in [-0.25, -0.2) is 0 Å². The molecule has 0 heterocycles. The molecule has 0 unspecified atom stereocenters. The van der Waals surface area contributed by atoms with Crippen LogP contribution in [0, 0.1) is 5.92 Å². The van der Waals surface area contributed by atoms with Crippen molar-refractivity contribution in [3.63, 3.8) is 0 Å². The van der Waals surface area contributed by atoms with Gasteiger partial charge < -0.3 is 10.6 Å². The second-order valence-electron chi connectivity index (χ2n) is 3.19. The minimum absolute atomic E-state index is 0. The van der Waals surface area contributed by atoms with Crippen LogP contribution < -0.4 is 5.73 Å². The molecule has 0 atom stereocenters. The quantitative estimate of drug-likeness (QED) is 0.725. The van der Waals surface area contributed by atoms with Crippen LogP contribution >= 0.6 is 24.8 Å². The fourth-order valence-electron chi connectivity index (χ4n) is 1.31. The SMILES string of the molecule is CN(C)C1CC(CN)C1.Cl.Cl. The topological polar surface area (TPSA) is 29.3 Å². The van der Waals surface area contributed by atoms with Gasteiger partial charge in [-0.05, 0) is 39.4 Å². The third kappa shape index (κ3) is 3.61. The monoisotopic (exact) mass is 200 g/mol. The minimum atomic E-state index is 0. The van der Waals surface area contributed by atoms with E-state index >= 15 is 0 Å². The molecule has 0 aliphatic heterocycles. The smallest absolute Gasteiger partial charge is 0.00954 e. The number of rotatable bonds is 2. The Morgan fingerprint density at radius 3 is 2.00 bits per heavy atom. The average Bonchev–Trinajstić information content (AvgIpc) is 1.61. The van der Waals surface area contributed by atoms with Crippen molar-refractivity contribution >= 4 is 24.8 Å². The molecular weight excluding hydrogens is 183 g/mol. The molecule has 4 heteroatoms. The van der Waals surface area contributed by atoms with E-state index in [1.165, 1.54) is 12.8 Å². The van der Waals surface area contributed by atoms with E-state index < -0.39 is 0 Å². The first-order chi connectivity index (χ1) is 4.24. The molecule has 1 fully saturated rings. The van der Waals surface area contributed by atoms with Crippen LogP contribution in [-0.2, 0) is 0 Å². The lowest BCUT2D eigenvalue weighted by Crippen LogP contribution is -2.42. The Morgan fingerprint density at radius 1 is 1.27 bits per heavy atom. The Labute approximate surface area is 81.3 Å². The van der Waals surface area contributed by atoms with Gasteiger partial charge in [-0.15, -0.1) is 24.8 Å². The summed E-state index contributed by atoms with van der Waals surface area (Å²) in [7, 11) is 4.27. The summed E-state index contributed by atoms with van der Waals surface area (Å²) in [6, 6.07) is 0.818. The summed E-state index contributed by atoms with van der Waals surface area (Å²) in [5, 5.41) is 0. The molecule has 1 aliphatic rings. The summed E-state index contributed by atoms with van der Waals surface area (Å²) in [6.07, 6.45) is 2.62. The van der Waals surface area contributed by atoms with Crippen LogP contribution in [0.25, 0.3) is 0 Å². The first kappa shape index (κ1) is 14.0. The van der Waals surface area contributed by atoms with E-state index in [4.69, 9.17) is 5.73 Å². The highest BCUT2D eigenvalue weighted by Gasteiger charge is 2.28. The zero-order valence-corrected chi connectivity index (χ0v) is 8.75. The molecule has 0 bridgehead atoms. The zero-order chi connectivity index (χ0) is 6.85. The molecule has 70 valence electrons. The predicted octanol–water partition coefficient (Wildman–Crippen LogP) is 1.13. The molecule has 1 saturated carbocycles. The minimum Gasteiger partial charge on any atom is -0.330 e. The standard InChI is InChI=1S/C7H16N2.2ClH/c1-9(2)7-3-6(4-7)5-8;;/h6-7H,3-5,8H2,1-2H3;2*1H. The van der Waals surface area contributed by atoms with Crippen molar-refractivity contribution in [3.8, 4) is 0 Å². The van der Waals surface area contributed by atoms with Gasteiger partial charge in [0.05, 0.1) is 0 Å². The molecular formula is C7H18Cl2N2. The molecule has 0 aromatic heterocycles. The summed E-state index contributed by atoms with van der Waals surface area (Å²) in [6.45, 7) is 0.879. The first-order valence-corrected chi connectivity index (χ1v) is 3.60. The summed E-state index contributed by atoms with van der Waals surface area (Å²) in [4.78, 5) is 2.28. The largest absolute Gasteiger partial charge is 0.330 e. The van der Waals surface area contributed by atoms with Crippen molar-refractivity contribution in [2.75, 3.05) is 20.6 Å². The number of halogens is 2. The summed E-state index contributed by atoms with van der Waals surface area (Å²) < 4.78 is 0. The van der Waals surface area contributed by atoms with Crippen molar-refractivity contribution in [1.82, 2.24) is 4.90 Å². The fourth-order valence-corrected chi connectivity index (χ4v) is 1.31. The lowest BCUT2D eigenvalue weighted by Gasteiger charge is -2.38. The Morgan fingerprint density at radius 2 is 1.73 bits per heavy atom. The van der Waals surface area contributed by atoms with Gasteiger partial charge in [0.2, 0.25) is 0 Å². The zero-order valence-electron chi connectivity index (χ0n) is 7.12. The molecule has 1 aliphatic carbocycles. The van der Waals surface area contributed by atoms with E-state index in [2.05, 4.69) is 19.0 Å². The van der Waals surface area contributed by atoms with Crippen LogP contribution in [0.2, 0.25) is 0 Å². The summed E-state index contributed by atoms with van der Waals surface area (Å²) in [5.74, 6) is 0.817. The molecule has 0 aromatic carbocycles. The number of nitrogens with two attached hydrogens (primary N) is 1. The average molecular weight is 201 g/mol. The van der Waals surface area contributed by atoms with Crippen molar-refractivity contribution < 1.29 is 0 Å². The van der Waals surface area contributed by atoms with Crippen LogP contribution in [0.3, 0.4) is 0 Å². The maximum atomic E-state index is 5.48. The molecule has 0 radical (unpaired) electrons. The molecule has 1 rings (SSSR count). The van der Waals surface area contributed by atoms with Gasteiger partial charge in [0, 0.05) is 6.04 Å². The van der Waals surface area contributed by atoms with Gasteiger partial charge in [0.25, 0.3) is 0 Å². The van der Waals surface area contributed by atoms with E-state index in [0.717, 1.165) is 18.5 Å². The molecule has 11 heavy (non-hydrogen) atoms. The van der Waals surface area contributed by atoms with E-state index in [-0.39, 0.29) is 24.8 Å². The van der Waals surface area contributed by atoms with E-state index in [9.17, 15) is 0 Å². The van der Waals surface area contributed by atoms with E-state index in [0.29, 0.717) is 0 Å². The van der Waals surface area contributed by atoms with Crippen LogP contribution in [0.5, 0.6) is 0 Å². The van der Waals surface area contributed by atoms with Crippen LogP contribution in [-0.4, -0.2) is 31.6 Å². The van der Waals surface area contributed by atoms with Crippen molar-refractivity contribution in [1.29, 1.82) is 0 Å². The van der Waals surface area contributed by atoms with Gasteiger partial charge in [-0.3, -0.25) is 0 Å². The highest BCUT2D eigenvalue weighted by molar-refractivity contribution is 5.85. The van der Waals surface area contributed by atoms with Gasteiger partial charge in [0.1, 0.15) is 0 Å². The van der Waals surface area contributed by atoms with Crippen LogP contribution in [0.15, 0.2) is 0 Å². The third-order valence-electron chi connectivity index (χ3n) is 2.27. The molecule has 0 saturated heterocycles. The number of nitrogens with zero attached hydrogens (tertiary/aromatic N) is 1. The Hall–Kier alpha value is 0.500. The second kappa shape index (κ2) is 6.06. The van der Waals surface area contributed by atoms with Crippen molar-refractivity contribution in [3.05, 3.63) is 0 Å². The second-order valence-corrected chi connectivity index (χ2v) is 3.19. The van der Waals surface area contributed by atoms with E-state index in [1.54, 1.807) is 0 Å². The highest BCUT2D eigenvalue weighted by Crippen LogP contribution is 2.28. The van der Waals surface area contributed by atoms with E-state index in [1.807, 2.05) is 0 Å². The molecule has 0 spiro atoms. The first-order valence-electron chi connectivity index (χ1n) is 3.60. The molecule has 2 N–H and O–H groups in total. The van der Waals surface area contributed by atoms with Gasteiger partial charge >= 0.3 is 0 Å². The Balaban J connectivity index is 0. The van der Waals surface area contributed by atoms with Crippen LogP contribution in [0.1, 0.15) is 12.8 Å². The van der Waals surface area contributed by atoms with Gasteiger partial charge in [0.15, 0.2) is 0 Å². The third-order valence-corrected chi connectivity index (χ3v) is 2.27. The van der Waals surface area contributed by atoms with Gasteiger partial charge in [-0.2, -0.15) is 0 Å². The Kier molecular flexibility index (Phi) is 7.75. The molecule has 2 nitrogen and oxygen atoms in total. The normalized spacial score (nSPS) is 28.4. The molecule has 0 aromatic rings. The maximum Gasteiger partial charge on any atom is 0.00954 e. The molecule has 0 amide bonds. The van der Waals surface area contributed by atoms with Crippen LogP contribution in [0.4, 0.5) is 0 Å². The lowest BCUT2D eigenvalue weighted by molar-refractivity contribution is 0.129. The van der Waals surface area contributed by atoms with Crippen molar-refractivity contribution in [2.24, 2.45) is 11.7 Å². The van der Waals surface area contributed by atoms with Crippen molar-refractivity contribution in [2.45, 2.75) is 18.9 Å². The summed E-state index contributed by atoms with van der Waals surface area (Å²) >= 11 is 0. The number of hydrogen-bond acceptors (Lipinski definition) is 2.